The van der Waals surface area contributed by atoms with Gasteiger partial charge in [-0.05, 0) is 125 Å². The van der Waals surface area contributed by atoms with Gasteiger partial charge in [0.1, 0.15) is 28.1 Å². The van der Waals surface area contributed by atoms with Crippen molar-refractivity contribution in [2.75, 3.05) is 22.1 Å². The van der Waals surface area contributed by atoms with Crippen LogP contribution < -0.4 is 65.6 Å². The van der Waals surface area contributed by atoms with E-state index in [2.05, 4.69) is 15.1 Å². The topological polar surface area (TPSA) is 369 Å². The van der Waals surface area contributed by atoms with Gasteiger partial charge >= 0.3 is 187 Å². The Morgan fingerprint density at radius 3 is 1.23 bits per heavy atom. The molecule has 0 fully saturated rings. The molecule has 0 unspecified atom stereocenters. The normalized spacial score (nSPS) is 10.7. The summed E-state index contributed by atoms with van der Waals surface area (Å²) in [5.41, 5.74) is 10.9. The molecule has 0 aliphatic heterocycles. The second kappa shape index (κ2) is 35.3. The van der Waals surface area contributed by atoms with Crippen molar-refractivity contribution >= 4 is 179 Å². The van der Waals surface area contributed by atoms with E-state index in [0.29, 0.717) is 101 Å². The number of nitrogen functional groups attached to an aromatic ring is 2. The minimum atomic E-state index is -4.72. The number of nitrogens with two attached hydrogens (primary N) is 2. The van der Waals surface area contributed by atoms with Crippen LogP contribution in [0, 0.1) is 0 Å². The molecular formula is C74H47B4Cl2F6N4O18. The third kappa shape index (κ3) is 20.6. The summed E-state index contributed by atoms with van der Waals surface area (Å²) < 4.78 is 122. The number of benzene rings is 10. The van der Waals surface area contributed by atoms with Gasteiger partial charge in [-0.1, -0.05) is 48.5 Å². The molecule has 9 N–H and O–H groups in total. The number of hydrogen-bond acceptors (Lipinski definition) is 20. The van der Waals surface area contributed by atoms with Crippen LogP contribution in [0.5, 0.6) is 5.75 Å². The molecule has 539 valence electrons. The van der Waals surface area contributed by atoms with E-state index < -0.39 is 63.9 Å². The largest absolute Gasteiger partial charge is 0.569 e. The molecule has 10 aromatic carbocycles. The van der Waals surface area contributed by atoms with Crippen molar-refractivity contribution in [2.24, 2.45) is 0 Å². The van der Waals surface area contributed by atoms with E-state index in [9.17, 15) is 74.1 Å². The fourth-order valence-electron chi connectivity index (χ4n) is 10.1. The van der Waals surface area contributed by atoms with Crippen molar-refractivity contribution in [1.29, 1.82) is 0 Å². The summed E-state index contributed by atoms with van der Waals surface area (Å²) in [5, 5.41) is 34.8. The summed E-state index contributed by atoms with van der Waals surface area (Å²) in [7, 11) is 0.325. The van der Waals surface area contributed by atoms with Crippen molar-refractivity contribution < 1.29 is 92.3 Å². The molecule has 14 aromatic rings. The van der Waals surface area contributed by atoms with Crippen LogP contribution >= 0.6 is 23.2 Å². The van der Waals surface area contributed by atoms with E-state index >= 15 is 0 Å². The quantitative estimate of drug-likeness (QED) is 0.0158. The van der Waals surface area contributed by atoms with Gasteiger partial charge in [-0.15, -0.1) is 0 Å². The Hall–Kier alpha value is -12.9. The fourth-order valence-corrected chi connectivity index (χ4v) is 10.3. The summed E-state index contributed by atoms with van der Waals surface area (Å²) >= 11 is 10.3. The molecule has 0 bridgehead atoms. The summed E-state index contributed by atoms with van der Waals surface area (Å²) in [6, 6.07) is 56.8. The van der Waals surface area contributed by atoms with Gasteiger partial charge in [0.2, 0.25) is 0 Å². The maximum absolute atomic E-state index is 13.0. The Labute approximate surface area is 614 Å². The van der Waals surface area contributed by atoms with Crippen LogP contribution in [0.2, 0.25) is 0 Å². The van der Waals surface area contributed by atoms with E-state index in [1.165, 1.54) is 72.8 Å². The first-order valence-corrected chi connectivity index (χ1v) is 31.7. The number of anilines is 4. The number of fused-ring (bicyclic) bond motifs is 8. The van der Waals surface area contributed by atoms with E-state index in [1.807, 2.05) is 36.4 Å². The number of amides is 2. The number of halogens is 8. The number of rotatable bonds is 11. The zero-order valence-corrected chi connectivity index (χ0v) is 56.4. The van der Waals surface area contributed by atoms with Crippen LogP contribution in [0.15, 0.2) is 267 Å². The molecule has 0 spiro atoms. The number of nitrogens with one attached hydrogen (secondary N) is 2. The number of carbonyl (C=O) groups excluding carboxylic acids is 4. The Morgan fingerprint density at radius 1 is 0.417 bits per heavy atom. The molecule has 2 amide bonds. The van der Waals surface area contributed by atoms with Gasteiger partial charge in [-0.25, -0.2) is 19.2 Å². The molecule has 4 heterocycles. The van der Waals surface area contributed by atoms with Crippen molar-refractivity contribution in [3.8, 4) is 5.75 Å². The minimum Gasteiger partial charge on any atom is -0.537 e. The monoisotopic (exact) mass is 1510 g/mol. The van der Waals surface area contributed by atoms with Crippen LogP contribution in [0.1, 0.15) is 52.6 Å². The molecule has 1 radical (unpaired) electrons. The molecule has 0 aliphatic carbocycles. The second-order valence-electron chi connectivity index (χ2n) is 22.4. The zero-order chi connectivity index (χ0) is 78.1. The van der Waals surface area contributed by atoms with Gasteiger partial charge < -0.3 is 59.5 Å². The third-order valence-electron chi connectivity index (χ3n) is 15.2. The summed E-state index contributed by atoms with van der Waals surface area (Å²) in [6.07, 6.45) is -9.32. The average molecular weight is 1510 g/mol. The second-order valence-corrected chi connectivity index (χ2v) is 23.1. The Morgan fingerprint density at radius 2 is 0.796 bits per heavy atom. The molecule has 14 rings (SSSR count). The van der Waals surface area contributed by atoms with Gasteiger partial charge in [0.15, 0.2) is 0 Å². The van der Waals surface area contributed by atoms with Crippen molar-refractivity contribution in [2.45, 2.75) is 12.4 Å². The van der Waals surface area contributed by atoms with Crippen LogP contribution in [-0.2, 0) is 21.8 Å². The van der Waals surface area contributed by atoms with E-state index in [1.54, 1.807) is 97.1 Å². The van der Waals surface area contributed by atoms with Crippen LogP contribution in [0.4, 0.5) is 49.1 Å². The molecule has 22 nitrogen and oxygen atoms in total. The minimum absolute atomic E-state index is 0.126. The van der Waals surface area contributed by atoms with Gasteiger partial charge in [0.05, 0.1) is 21.9 Å². The molecule has 0 atom stereocenters. The molecule has 0 saturated carbocycles. The number of alkyl halides is 6. The van der Waals surface area contributed by atoms with Crippen molar-refractivity contribution in [1.82, 2.24) is 0 Å². The van der Waals surface area contributed by atoms with Crippen LogP contribution in [0.25, 0.3) is 65.4 Å². The van der Waals surface area contributed by atoms with E-state index in [4.69, 9.17) is 67.6 Å². The first-order chi connectivity index (χ1) is 51.4. The summed E-state index contributed by atoms with van der Waals surface area (Å²) in [5.74, 6) is -0.459. The van der Waals surface area contributed by atoms with E-state index in [-0.39, 0.29) is 55.9 Å². The van der Waals surface area contributed by atoms with Gasteiger partial charge in [-0.2, -0.15) is 26.3 Å². The summed E-state index contributed by atoms with van der Waals surface area (Å²) in [6.45, 7) is 0. The molecule has 0 aliphatic rings. The molecule has 4 aromatic heterocycles. The van der Waals surface area contributed by atoms with Gasteiger partial charge in [0.25, 0.3) is 11.8 Å². The molecule has 34 heteroatoms. The SMILES string of the molecule is Nc1ccc2c(C(F)(F)F)cc(=O)oc2c1.Nc1ccc2oc(=O)c3ccccc3c2c1.O=Bc1ccc(C(=O)Cl)cc1.O=Bc1ccc(C(=O)Cl)cc1.O=C(Nc1ccc2c(C(F)(F)F)cc(=O)oc2c1)c1ccc(B(O)O)cc1.O=C(Nc1ccc2oc(=O)c3ccccc3c2c1)c1ccc(O[B]O)cc1. The Kier molecular flexibility index (Phi) is 25.9. The van der Waals surface area contributed by atoms with Crippen LogP contribution in [-0.4, -0.2) is 66.5 Å². The maximum Gasteiger partial charge on any atom is 0.569 e. The standard InChI is InChI=1S/C20H13BNO5.C17H11BF3NO5.C13H9NO2.C10H6F3NO2.2C7H4BClO2/c23-19(12-5-8-14(9-6-12)27-21-25)22-13-7-10-18-17(11-13)15-3-1-2-4-16(15)20(24)26-18;19-17(20,21)13-8-15(23)27-14-7-11(5-6-12(13)14)22-16(24)9-1-3-10(4-2-9)18(25)26;14-8-5-6-12-11(7-8)9-3-1-2-4-10(9)13(15)16-12;11-10(12,13)7-4-9(15)16-8-3-5(14)1-2-6(7)8;2*9-7(10)5-1-3-6(8-11)4-2-5/h1-11,25H,(H,22,23);1-8,25-26H,(H,22,24);1-7H,14H2;1-4H,14H2;2*1-4H. The maximum atomic E-state index is 13.0. The fraction of sp³-hybridized carbons (Fsp3) is 0.0270. The van der Waals surface area contributed by atoms with E-state index in [0.717, 1.165) is 33.7 Å². The zero-order valence-electron chi connectivity index (χ0n) is 54.9. The number of carbonyl (C=O) groups is 4. The van der Waals surface area contributed by atoms with Crippen LogP contribution in [0.3, 0.4) is 0 Å². The first-order valence-electron chi connectivity index (χ1n) is 31.0. The third-order valence-corrected chi connectivity index (χ3v) is 15.7. The Balaban J connectivity index is 0.000000155. The first kappa shape index (κ1) is 79.3. The average Bonchev–Trinajstić information content (AvgIpc) is 0.790. The number of hydrogen-bond donors (Lipinski definition) is 7. The predicted molar refractivity (Wildman–Crippen MR) is 396 cm³/mol. The van der Waals surface area contributed by atoms with Gasteiger partial charge in [0, 0.05) is 79.7 Å². The summed E-state index contributed by atoms with van der Waals surface area (Å²) in [4.78, 5) is 91.8. The molecule has 108 heavy (non-hydrogen) atoms. The van der Waals surface area contributed by atoms with Crippen molar-refractivity contribution in [3.63, 3.8) is 0 Å². The van der Waals surface area contributed by atoms with Crippen molar-refractivity contribution in [3.05, 3.63) is 306 Å². The smallest absolute Gasteiger partial charge is 0.537 e. The van der Waals surface area contributed by atoms with Gasteiger partial charge in [-0.3, -0.25) is 9.59 Å². The molecule has 0 saturated heterocycles. The molecular weight excluding hydrogens is 1460 g/mol. The predicted octanol–water partition coefficient (Wildman–Crippen LogP) is 11.3. The Bertz CT molecular complexity index is 5910.